The monoisotopic (exact) mass is 257 g/mol. The third-order valence-corrected chi connectivity index (χ3v) is 4.23. The van der Waals surface area contributed by atoms with Gasteiger partial charge in [-0.25, -0.2) is 0 Å². The van der Waals surface area contributed by atoms with E-state index in [0.29, 0.717) is 10.7 Å². The Morgan fingerprint density at radius 2 is 2.00 bits per heavy atom. The molecule has 0 atom stereocenters. The number of thioether (sulfide) groups is 1. The Morgan fingerprint density at radius 1 is 1.33 bits per heavy atom. The lowest BCUT2D eigenvalue weighted by molar-refractivity contribution is -0.626. The first-order chi connectivity index (χ1) is 7.22. The molecule has 0 saturated carbocycles. The van der Waals surface area contributed by atoms with Crippen LogP contribution in [0.3, 0.4) is 0 Å². The normalized spacial score (nSPS) is 10.5. The van der Waals surface area contributed by atoms with Crippen LogP contribution in [0.4, 0.5) is 0 Å². The summed E-state index contributed by atoms with van der Waals surface area (Å²) >= 11 is 8.70. The summed E-state index contributed by atoms with van der Waals surface area (Å²) in [5.74, 6) is 0. The molecule has 0 aliphatic heterocycles. The van der Waals surface area contributed by atoms with Crippen molar-refractivity contribution in [2.75, 3.05) is 6.26 Å². The number of rotatable bonds is 2. The summed E-state index contributed by atoms with van der Waals surface area (Å²) in [4.78, 5) is 0. The Kier molecular flexibility index (Phi) is 3.19. The van der Waals surface area contributed by atoms with Gasteiger partial charge in [-0.1, -0.05) is 22.9 Å². The average molecular weight is 258 g/mol. The summed E-state index contributed by atoms with van der Waals surface area (Å²) in [6.07, 6.45) is 1.89. The van der Waals surface area contributed by atoms with Gasteiger partial charge in [0.15, 0.2) is 0 Å². The van der Waals surface area contributed by atoms with Crippen molar-refractivity contribution in [3.05, 3.63) is 39.9 Å². The lowest BCUT2D eigenvalue weighted by Crippen LogP contribution is -2.27. The number of nitrogens with zero attached hydrogens (tertiary/aromatic N) is 1. The first kappa shape index (κ1) is 10.8. The fraction of sp³-hybridized carbons (Fsp3) is 0.100. The van der Waals surface area contributed by atoms with Gasteiger partial charge in [-0.3, -0.25) is 0 Å². The maximum absolute atomic E-state index is 11.8. The van der Waals surface area contributed by atoms with Crippen LogP contribution in [0.2, 0.25) is 5.02 Å². The third kappa shape index (κ3) is 2.12. The van der Waals surface area contributed by atoms with Crippen molar-refractivity contribution in [1.29, 1.82) is 0 Å². The van der Waals surface area contributed by atoms with Crippen molar-refractivity contribution in [1.82, 2.24) is 0 Å². The molecular formula is C10H8ClNOS2. The summed E-state index contributed by atoms with van der Waals surface area (Å²) in [6.45, 7) is 0. The molecule has 2 nitrogen and oxygen atoms in total. The minimum atomic E-state index is 0.677. The van der Waals surface area contributed by atoms with E-state index in [1.807, 2.05) is 23.8 Å². The molecule has 5 heteroatoms. The first-order valence-electron chi connectivity index (χ1n) is 4.23. The Morgan fingerprint density at radius 3 is 2.53 bits per heavy atom. The Bertz CT molecular complexity index is 467. The molecule has 0 N–H and O–H groups in total. The molecule has 15 heavy (non-hydrogen) atoms. The van der Waals surface area contributed by atoms with Gasteiger partial charge >= 0.3 is 4.34 Å². The zero-order chi connectivity index (χ0) is 10.8. The van der Waals surface area contributed by atoms with Gasteiger partial charge in [0.1, 0.15) is 0 Å². The number of halogens is 1. The summed E-state index contributed by atoms with van der Waals surface area (Å²) in [7, 11) is 0. The number of aromatic nitrogens is 1. The zero-order valence-electron chi connectivity index (χ0n) is 7.94. The molecule has 0 unspecified atom stereocenters. The lowest BCUT2D eigenvalue weighted by Gasteiger charge is -2.00. The van der Waals surface area contributed by atoms with Crippen LogP contribution in [-0.2, 0) is 0 Å². The molecule has 2 aromatic rings. The van der Waals surface area contributed by atoms with E-state index >= 15 is 0 Å². The van der Waals surface area contributed by atoms with Crippen molar-refractivity contribution in [3.8, 4) is 11.3 Å². The van der Waals surface area contributed by atoms with Crippen LogP contribution in [0.15, 0.2) is 34.0 Å². The summed E-state index contributed by atoms with van der Waals surface area (Å²) < 4.78 is 1.71. The van der Waals surface area contributed by atoms with Crippen molar-refractivity contribution in [3.63, 3.8) is 0 Å². The van der Waals surface area contributed by atoms with E-state index in [2.05, 4.69) is 0 Å². The van der Waals surface area contributed by atoms with Crippen LogP contribution in [0, 0.1) is 5.21 Å². The molecule has 0 saturated heterocycles. The van der Waals surface area contributed by atoms with Crippen molar-refractivity contribution in [2.24, 2.45) is 0 Å². The van der Waals surface area contributed by atoms with Gasteiger partial charge < -0.3 is 5.21 Å². The van der Waals surface area contributed by atoms with Crippen LogP contribution < -0.4 is 4.73 Å². The Labute approximate surface area is 101 Å². The topological polar surface area (TPSA) is 26.9 Å². The molecule has 0 radical (unpaired) electrons. The number of benzene rings is 1. The fourth-order valence-corrected chi connectivity index (χ4v) is 2.80. The van der Waals surface area contributed by atoms with E-state index in [9.17, 15) is 5.21 Å². The highest BCUT2D eigenvalue weighted by atomic mass is 35.5. The van der Waals surface area contributed by atoms with Gasteiger partial charge in [-0.2, -0.15) is 0 Å². The number of hydrogen-bond acceptors (Lipinski definition) is 3. The fourth-order valence-electron chi connectivity index (χ4n) is 1.24. The maximum Gasteiger partial charge on any atom is 0.308 e. The van der Waals surface area contributed by atoms with Gasteiger partial charge in [0.2, 0.25) is 5.69 Å². The van der Waals surface area contributed by atoms with Crippen LogP contribution in [0.5, 0.6) is 0 Å². The number of thiazole rings is 1. The Balaban J connectivity index is 2.45. The molecule has 0 fully saturated rings. The van der Waals surface area contributed by atoms with Crippen LogP contribution in [0.1, 0.15) is 0 Å². The zero-order valence-corrected chi connectivity index (χ0v) is 10.3. The van der Waals surface area contributed by atoms with Gasteiger partial charge in [0, 0.05) is 10.6 Å². The van der Waals surface area contributed by atoms with Crippen molar-refractivity contribution >= 4 is 34.7 Å². The molecule has 1 aromatic carbocycles. The molecule has 2 rings (SSSR count). The Hall–Kier alpha value is -0.710. The third-order valence-electron chi connectivity index (χ3n) is 1.97. The van der Waals surface area contributed by atoms with Gasteiger partial charge in [0.05, 0.1) is 5.38 Å². The summed E-state index contributed by atoms with van der Waals surface area (Å²) in [6, 6.07) is 7.27. The second kappa shape index (κ2) is 4.43. The molecular weight excluding hydrogens is 250 g/mol. The summed E-state index contributed by atoms with van der Waals surface area (Å²) in [5, 5.41) is 14.3. The van der Waals surface area contributed by atoms with E-state index < -0.39 is 0 Å². The van der Waals surface area contributed by atoms with E-state index in [1.54, 1.807) is 12.1 Å². The molecule has 0 bridgehead atoms. The highest BCUT2D eigenvalue weighted by molar-refractivity contribution is 8.00. The standard InChI is InChI=1S/C10H8ClNOS2/c1-14-10-12(13)9(6-15-10)7-2-4-8(11)5-3-7/h2-6H,1H3. The quantitative estimate of drug-likeness (QED) is 0.468. The SMILES string of the molecule is CSc1scc(-c2ccc(Cl)cc2)[n+]1[O-]. The van der Waals surface area contributed by atoms with Crippen molar-refractivity contribution < 1.29 is 4.73 Å². The van der Waals surface area contributed by atoms with E-state index in [4.69, 9.17) is 11.6 Å². The van der Waals surface area contributed by atoms with E-state index in [-0.39, 0.29) is 0 Å². The molecule has 0 aliphatic carbocycles. The molecule has 0 spiro atoms. The average Bonchev–Trinajstić information content (AvgIpc) is 2.61. The lowest BCUT2D eigenvalue weighted by atomic mass is 10.2. The highest BCUT2D eigenvalue weighted by Crippen LogP contribution is 2.25. The van der Waals surface area contributed by atoms with Crippen LogP contribution in [0.25, 0.3) is 11.3 Å². The smallest absolute Gasteiger partial charge is 0.308 e. The van der Waals surface area contributed by atoms with Gasteiger partial charge in [0.25, 0.3) is 0 Å². The van der Waals surface area contributed by atoms with Crippen LogP contribution in [-0.4, -0.2) is 6.26 Å². The highest BCUT2D eigenvalue weighted by Gasteiger charge is 2.15. The minimum Gasteiger partial charge on any atom is -0.617 e. The minimum absolute atomic E-state index is 0.677. The van der Waals surface area contributed by atoms with Gasteiger partial charge in [-0.15, -0.1) is 4.73 Å². The maximum atomic E-state index is 11.8. The predicted molar refractivity (Wildman–Crippen MR) is 65.5 cm³/mol. The predicted octanol–water partition coefficient (Wildman–Crippen LogP) is 3.42. The largest absolute Gasteiger partial charge is 0.617 e. The molecule has 0 aliphatic rings. The van der Waals surface area contributed by atoms with E-state index in [0.717, 1.165) is 14.6 Å². The van der Waals surface area contributed by atoms with Gasteiger partial charge in [-0.05, 0) is 42.3 Å². The first-order valence-corrected chi connectivity index (χ1v) is 6.71. The molecule has 0 amide bonds. The summed E-state index contributed by atoms with van der Waals surface area (Å²) in [5.41, 5.74) is 1.58. The second-order valence-electron chi connectivity index (χ2n) is 2.89. The van der Waals surface area contributed by atoms with E-state index in [1.165, 1.54) is 23.1 Å². The molecule has 78 valence electrons. The van der Waals surface area contributed by atoms with Crippen LogP contribution >= 0.6 is 34.7 Å². The second-order valence-corrected chi connectivity index (χ2v) is 5.24. The molecule has 1 aromatic heterocycles. The molecule has 1 heterocycles. The van der Waals surface area contributed by atoms with Crippen molar-refractivity contribution in [2.45, 2.75) is 4.34 Å². The number of hydrogen-bond donors (Lipinski definition) is 0.